The molecule has 2 aromatic rings. The zero-order chi connectivity index (χ0) is 13.1. The highest BCUT2D eigenvalue weighted by atomic mass is 35.5. The van der Waals surface area contributed by atoms with Crippen molar-refractivity contribution in [1.29, 1.82) is 0 Å². The standard InChI is InChI=1S/C14H13ClN2O/c1-3-8-17(2)14(18)12-9-16-13(15)11-7-5-4-6-10(11)12/h3-7,9H,1,8H2,2H3. The quantitative estimate of drug-likeness (QED) is 0.627. The third-order valence-electron chi connectivity index (χ3n) is 2.73. The number of hydrogen-bond donors (Lipinski definition) is 0. The zero-order valence-corrected chi connectivity index (χ0v) is 10.8. The van der Waals surface area contributed by atoms with Crippen LogP contribution in [0.5, 0.6) is 0 Å². The number of carbonyl (C=O) groups is 1. The summed E-state index contributed by atoms with van der Waals surface area (Å²) in [4.78, 5) is 17.9. The molecular formula is C14H13ClN2O. The summed E-state index contributed by atoms with van der Waals surface area (Å²) < 4.78 is 0. The number of aromatic nitrogens is 1. The molecule has 1 amide bonds. The number of fused-ring (bicyclic) bond motifs is 1. The molecule has 0 aliphatic rings. The van der Waals surface area contributed by atoms with Gasteiger partial charge in [0.05, 0.1) is 5.56 Å². The van der Waals surface area contributed by atoms with Gasteiger partial charge in [-0.15, -0.1) is 6.58 Å². The van der Waals surface area contributed by atoms with E-state index in [1.807, 2.05) is 24.3 Å². The van der Waals surface area contributed by atoms with Gasteiger partial charge in [0.1, 0.15) is 5.15 Å². The number of pyridine rings is 1. The number of halogens is 1. The molecule has 0 atom stereocenters. The van der Waals surface area contributed by atoms with Crippen LogP contribution in [0.1, 0.15) is 10.4 Å². The predicted molar refractivity (Wildman–Crippen MR) is 73.9 cm³/mol. The number of likely N-dealkylation sites (N-methyl/N-ethyl adjacent to an activating group) is 1. The van der Waals surface area contributed by atoms with E-state index in [9.17, 15) is 4.79 Å². The lowest BCUT2D eigenvalue weighted by Crippen LogP contribution is -2.27. The first kappa shape index (κ1) is 12.6. The normalized spacial score (nSPS) is 10.3. The Kier molecular flexibility index (Phi) is 3.63. The van der Waals surface area contributed by atoms with Crippen LogP contribution in [0.25, 0.3) is 10.8 Å². The second-order valence-electron chi connectivity index (χ2n) is 3.98. The van der Waals surface area contributed by atoms with Crippen LogP contribution in [0.4, 0.5) is 0 Å². The maximum atomic E-state index is 12.3. The fraction of sp³-hybridized carbons (Fsp3) is 0.143. The van der Waals surface area contributed by atoms with E-state index in [4.69, 9.17) is 11.6 Å². The zero-order valence-electron chi connectivity index (χ0n) is 10.1. The molecule has 1 heterocycles. The number of rotatable bonds is 3. The molecular weight excluding hydrogens is 248 g/mol. The topological polar surface area (TPSA) is 33.2 Å². The summed E-state index contributed by atoms with van der Waals surface area (Å²) in [7, 11) is 1.73. The van der Waals surface area contributed by atoms with Gasteiger partial charge in [0.2, 0.25) is 0 Å². The number of hydrogen-bond acceptors (Lipinski definition) is 2. The van der Waals surface area contributed by atoms with Gasteiger partial charge in [-0.05, 0) is 5.39 Å². The lowest BCUT2D eigenvalue weighted by atomic mass is 10.1. The molecule has 0 aliphatic heterocycles. The Bertz CT molecular complexity index is 610. The number of amides is 1. The molecule has 4 heteroatoms. The Morgan fingerprint density at radius 3 is 2.78 bits per heavy atom. The van der Waals surface area contributed by atoms with Crippen molar-refractivity contribution in [3.63, 3.8) is 0 Å². The van der Waals surface area contributed by atoms with E-state index in [0.29, 0.717) is 17.3 Å². The highest BCUT2D eigenvalue weighted by Crippen LogP contribution is 2.24. The minimum atomic E-state index is -0.0877. The Balaban J connectivity index is 2.55. The van der Waals surface area contributed by atoms with Gasteiger partial charge >= 0.3 is 0 Å². The molecule has 1 aromatic carbocycles. The Morgan fingerprint density at radius 2 is 2.11 bits per heavy atom. The van der Waals surface area contributed by atoms with Crippen molar-refractivity contribution < 1.29 is 4.79 Å². The first-order valence-electron chi connectivity index (χ1n) is 5.54. The summed E-state index contributed by atoms with van der Waals surface area (Å²) in [5.74, 6) is -0.0877. The SMILES string of the molecule is C=CCN(C)C(=O)c1cnc(Cl)c2ccccc12. The molecule has 18 heavy (non-hydrogen) atoms. The van der Waals surface area contributed by atoms with E-state index < -0.39 is 0 Å². The van der Waals surface area contributed by atoms with Crippen LogP contribution in [0.15, 0.2) is 43.1 Å². The summed E-state index contributed by atoms with van der Waals surface area (Å²) in [5, 5.41) is 2.02. The Hall–Kier alpha value is -1.87. The van der Waals surface area contributed by atoms with E-state index in [2.05, 4.69) is 11.6 Å². The fourth-order valence-corrected chi connectivity index (χ4v) is 2.02. The number of benzene rings is 1. The molecule has 0 N–H and O–H groups in total. The van der Waals surface area contributed by atoms with E-state index in [0.717, 1.165) is 10.8 Å². The second kappa shape index (κ2) is 5.19. The van der Waals surface area contributed by atoms with Gasteiger partial charge in [-0.2, -0.15) is 0 Å². The van der Waals surface area contributed by atoms with Crippen molar-refractivity contribution in [2.75, 3.05) is 13.6 Å². The molecule has 0 radical (unpaired) electrons. The molecule has 2 rings (SSSR count). The summed E-state index contributed by atoms with van der Waals surface area (Å²) >= 11 is 6.02. The molecule has 0 saturated carbocycles. The maximum absolute atomic E-state index is 12.3. The minimum absolute atomic E-state index is 0.0877. The van der Waals surface area contributed by atoms with Crippen molar-refractivity contribution in [3.05, 3.63) is 53.8 Å². The summed E-state index contributed by atoms with van der Waals surface area (Å²) in [6, 6.07) is 7.48. The van der Waals surface area contributed by atoms with Crippen LogP contribution in [0.2, 0.25) is 5.15 Å². The Morgan fingerprint density at radius 1 is 1.44 bits per heavy atom. The lowest BCUT2D eigenvalue weighted by Gasteiger charge is -2.16. The van der Waals surface area contributed by atoms with Crippen molar-refractivity contribution in [2.24, 2.45) is 0 Å². The molecule has 0 spiro atoms. The lowest BCUT2D eigenvalue weighted by molar-refractivity contribution is 0.0812. The highest BCUT2D eigenvalue weighted by molar-refractivity contribution is 6.34. The van der Waals surface area contributed by atoms with E-state index >= 15 is 0 Å². The fourth-order valence-electron chi connectivity index (χ4n) is 1.81. The molecule has 0 bridgehead atoms. The van der Waals surface area contributed by atoms with Crippen LogP contribution in [-0.2, 0) is 0 Å². The first-order chi connectivity index (χ1) is 8.65. The van der Waals surface area contributed by atoms with Crippen molar-refractivity contribution in [1.82, 2.24) is 9.88 Å². The average molecular weight is 261 g/mol. The van der Waals surface area contributed by atoms with Crippen LogP contribution in [0.3, 0.4) is 0 Å². The monoisotopic (exact) mass is 260 g/mol. The Labute approximate surface area is 111 Å². The van der Waals surface area contributed by atoms with Crippen LogP contribution < -0.4 is 0 Å². The molecule has 0 saturated heterocycles. The van der Waals surface area contributed by atoms with Crippen molar-refractivity contribution in [2.45, 2.75) is 0 Å². The van der Waals surface area contributed by atoms with Gasteiger partial charge < -0.3 is 4.90 Å². The summed E-state index contributed by atoms with van der Waals surface area (Å²) in [6.07, 6.45) is 3.20. The summed E-state index contributed by atoms with van der Waals surface area (Å²) in [5.41, 5.74) is 0.555. The van der Waals surface area contributed by atoms with Crippen LogP contribution >= 0.6 is 11.6 Å². The largest absolute Gasteiger partial charge is 0.338 e. The molecule has 0 aliphatic carbocycles. The minimum Gasteiger partial charge on any atom is -0.338 e. The van der Waals surface area contributed by atoms with E-state index in [1.165, 1.54) is 6.20 Å². The van der Waals surface area contributed by atoms with E-state index in [1.54, 1.807) is 18.0 Å². The van der Waals surface area contributed by atoms with E-state index in [-0.39, 0.29) is 5.91 Å². The van der Waals surface area contributed by atoms with Gasteiger partial charge in [0, 0.05) is 25.2 Å². The van der Waals surface area contributed by atoms with Crippen molar-refractivity contribution >= 4 is 28.3 Å². The second-order valence-corrected chi connectivity index (χ2v) is 4.34. The van der Waals surface area contributed by atoms with Gasteiger partial charge in [0.15, 0.2) is 0 Å². The van der Waals surface area contributed by atoms with Gasteiger partial charge in [-0.1, -0.05) is 41.9 Å². The van der Waals surface area contributed by atoms with Gasteiger partial charge in [-0.3, -0.25) is 4.79 Å². The van der Waals surface area contributed by atoms with Crippen LogP contribution in [0, 0.1) is 0 Å². The highest BCUT2D eigenvalue weighted by Gasteiger charge is 2.15. The van der Waals surface area contributed by atoms with Gasteiger partial charge in [-0.25, -0.2) is 4.98 Å². The first-order valence-corrected chi connectivity index (χ1v) is 5.92. The average Bonchev–Trinajstić information content (AvgIpc) is 2.39. The molecule has 92 valence electrons. The third-order valence-corrected chi connectivity index (χ3v) is 3.03. The van der Waals surface area contributed by atoms with Crippen molar-refractivity contribution in [3.8, 4) is 0 Å². The van der Waals surface area contributed by atoms with Crippen LogP contribution in [-0.4, -0.2) is 29.4 Å². The number of carbonyl (C=O) groups excluding carboxylic acids is 1. The smallest absolute Gasteiger partial charge is 0.256 e. The molecule has 1 aromatic heterocycles. The molecule has 0 fully saturated rings. The third kappa shape index (κ3) is 2.22. The molecule has 0 unspecified atom stereocenters. The predicted octanol–water partition coefficient (Wildman–Crippen LogP) is 3.15. The van der Waals surface area contributed by atoms with Gasteiger partial charge in [0.25, 0.3) is 5.91 Å². The number of nitrogens with zero attached hydrogens (tertiary/aromatic N) is 2. The maximum Gasteiger partial charge on any atom is 0.256 e. The summed E-state index contributed by atoms with van der Waals surface area (Å²) in [6.45, 7) is 4.12. The molecule has 3 nitrogen and oxygen atoms in total.